The zero-order valence-corrected chi connectivity index (χ0v) is 61.3. The molecule has 28 rings (SSSR count). The highest BCUT2D eigenvalue weighted by Gasteiger charge is 2.42. The van der Waals surface area contributed by atoms with Crippen LogP contribution in [-0.4, -0.2) is 39.9 Å². The van der Waals surface area contributed by atoms with Gasteiger partial charge in [-0.05, 0) is 253 Å². The van der Waals surface area contributed by atoms with Crippen molar-refractivity contribution in [2.45, 2.75) is 77.0 Å². The number of hydrogen-bond donors (Lipinski definition) is 0. The lowest BCUT2D eigenvalue weighted by Gasteiger charge is -2.40. The van der Waals surface area contributed by atoms with Gasteiger partial charge in [0.05, 0.1) is 99.2 Å². The Morgan fingerprint density at radius 1 is 0.196 bits per heavy atom. The Balaban J connectivity index is 0.0000000847. The van der Waals surface area contributed by atoms with E-state index < -0.39 is 0 Å². The highest BCUT2D eigenvalue weighted by molar-refractivity contribution is 6.00. The number of fused-ring (bicyclic) bond motifs is 32. The molecule has 8 aromatic carbocycles. The Kier molecular flexibility index (Phi) is 13.2. The number of nitrogens with zero attached hydrogens (tertiary/aromatic N) is 12. The van der Waals surface area contributed by atoms with Crippen molar-refractivity contribution in [3.05, 3.63) is 402 Å². The highest BCUT2D eigenvalue weighted by Crippen LogP contribution is 2.60. The van der Waals surface area contributed by atoms with Crippen molar-refractivity contribution < 1.29 is 0 Å². The van der Waals surface area contributed by atoms with Gasteiger partial charge in [-0.15, -0.1) is 0 Å². The van der Waals surface area contributed by atoms with Crippen molar-refractivity contribution in [2.24, 2.45) is 0 Å². The second kappa shape index (κ2) is 23.8. The average molecular weight is 1440 g/mol. The molecule has 8 aliphatic heterocycles. The van der Waals surface area contributed by atoms with Gasteiger partial charge in [-0.25, -0.2) is 4.98 Å². The molecule has 0 unspecified atom stereocenters. The third-order valence-corrected chi connectivity index (χ3v) is 25.7. The largest absolute Gasteiger partial charge is 0.308 e. The second-order valence-electron chi connectivity index (χ2n) is 31.7. The van der Waals surface area contributed by atoms with E-state index in [0.717, 1.165) is 88.6 Å². The fraction of sp³-hybridized carbons (Fsp3) is 0.120. The summed E-state index contributed by atoms with van der Waals surface area (Å²) in [6, 6.07) is 66.7. The van der Waals surface area contributed by atoms with Crippen molar-refractivity contribution >= 4 is 68.4 Å². The van der Waals surface area contributed by atoms with Crippen LogP contribution < -0.4 is 19.6 Å². The van der Waals surface area contributed by atoms with Crippen LogP contribution in [0.15, 0.2) is 269 Å². The van der Waals surface area contributed by atoms with Crippen molar-refractivity contribution in [1.82, 2.24) is 39.9 Å². The first kappa shape index (κ1) is 62.1. The number of benzene rings is 8. The van der Waals surface area contributed by atoms with Gasteiger partial charge >= 0.3 is 0 Å². The highest BCUT2D eigenvalue weighted by atomic mass is 15.2. The molecule has 112 heavy (non-hydrogen) atoms. The molecule has 0 saturated heterocycles. The lowest BCUT2D eigenvalue weighted by Crippen LogP contribution is -2.26. The minimum absolute atomic E-state index is 0.891. The van der Waals surface area contributed by atoms with Gasteiger partial charge < -0.3 is 14.7 Å². The van der Waals surface area contributed by atoms with E-state index in [9.17, 15) is 0 Å². The Labute approximate surface area is 647 Å². The SMILES string of the molecule is c1ccc2c(c1)Cc1cc3c4c(c1-2)Cc1cccnc1N4c1cnccc1C3.c1ccc2c(c1)Cc1cc3c4c(c1-2)Cc1ccncc1N4c1cnccc1C3.c1ccc2c(c1)Cc1cc3c4c(c1-2)Cc1cnccc1N4c1cnccc1C3.c1ccc2c(c1)Cc1cc3c4c(c1-2)Cc1ncccc1N4c1cnccc1C3. The average Bonchev–Trinajstić information content (AvgIpc) is 1.71. The molecule has 0 bridgehead atoms. The molecule has 0 fully saturated rings. The van der Waals surface area contributed by atoms with Gasteiger partial charge in [0.15, 0.2) is 0 Å². The molecule has 16 aromatic rings. The minimum Gasteiger partial charge on any atom is -0.308 e. The lowest BCUT2D eigenvalue weighted by atomic mass is 9.83. The Morgan fingerprint density at radius 3 is 0.955 bits per heavy atom. The number of pyridine rings is 8. The van der Waals surface area contributed by atoms with E-state index in [1.54, 1.807) is 0 Å². The molecule has 8 aromatic heterocycles. The van der Waals surface area contributed by atoms with Crippen molar-refractivity contribution in [1.29, 1.82) is 0 Å². The fourth-order valence-corrected chi connectivity index (χ4v) is 21.3. The normalized spacial score (nSPS) is 14.6. The zero-order valence-electron chi connectivity index (χ0n) is 61.3. The molecule has 0 amide bonds. The van der Waals surface area contributed by atoms with Crippen LogP contribution in [0, 0.1) is 0 Å². The van der Waals surface area contributed by atoms with Crippen LogP contribution in [0.5, 0.6) is 0 Å². The molecule has 12 nitrogen and oxygen atoms in total. The van der Waals surface area contributed by atoms with E-state index in [4.69, 9.17) is 9.97 Å². The smallest absolute Gasteiger partial charge is 0.141 e. The van der Waals surface area contributed by atoms with E-state index in [1.807, 2.05) is 92.8 Å². The third-order valence-electron chi connectivity index (χ3n) is 25.7. The number of anilines is 12. The molecule has 0 radical (unpaired) electrons. The van der Waals surface area contributed by atoms with Crippen molar-refractivity contribution in [3.8, 4) is 44.5 Å². The van der Waals surface area contributed by atoms with Crippen LogP contribution in [0.1, 0.15) is 134 Å². The third kappa shape index (κ3) is 9.05. The quantitative estimate of drug-likeness (QED) is 0.144. The van der Waals surface area contributed by atoms with E-state index in [-0.39, 0.29) is 0 Å². The zero-order chi connectivity index (χ0) is 73.0. The molecule has 4 aliphatic carbocycles. The summed E-state index contributed by atoms with van der Waals surface area (Å²) < 4.78 is 0. The molecular weight excluding hydrogens is 1370 g/mol. The number of aromatic nitrogens is 8. The first-order valence-corrected chi connectivity index (χ1v) is 39.2. The van der Waals surface area contributed by atoms with E-state index in [1.165, 1.54) is 235 Å². The van der Waals surface area contributed by atoms with Crippen LogP contribution in [0.3, 0.4) is 0 Å². The molecule has 0 saturated carbocycles. The van der Waals surface area contributed by atoms with Gasteiger partial charge in [-0.2, -0.15) is 0 Å². The predicted octanol–water partition coefficient (Wildman–Crippen LogP) is 21.3. The predicted molar refractivity (Wildman–Crippen MR) is 442 cm³/mol. The van der Waals surface area contributed by atoms with E-state index in [0.29, 0.717) is 0 Å². The van der Waals surface area contributed by atoms with E-state index in [2.05, 4.69) is 225 Å². The monoisotopic (exact) mass is 1440 g/mol. The number of rotatable bonds is 0. The summed E-state index contributed by atoms with van der Waals surface area (Å²) in [4.78, 5) is 45.8. The van der Waals surface area contributed by atoms with Gasteiger partial charge in [-0.3, -0.25) is 39.8 Å². The summed E-state index contributed by atoms with van der Waals surface area (Å²) in [5.41, 5.74) is 58.7. The first-order valence-electron chi connectivity index (χ1n) is 39.2. The van der Waals surface area contributed by atoms with Crippen LogP contribution in [0.2, 0.25) is 0 Å². The van der Waals surface area contributed by atoms with E-state index >= 15 is 0 Å². The second-order valence-corrected chi connectivity index (χ2v) is 31.7. The molecule has 0 spiro atoms. The topological polar surface area (TPSA) is 116 Å². The van der Waals surface area contributed by atoms with Gasteiger partial charge in [0.25, 0.3) is 0 Å². The van der Waals surface area contributed by atoms with Crippen LogP contribution in [0.4, 0.5) is 68.4 Å². The fourth-order valence-electron chi connectivity index (χ4n) is 21.3. The number of hydrogen-bond acceptors (Lipinski definition) is 12. The first-order chi connectivity index (χ1) is 55.5. The summed E-state index contributed by atoms with van der Waals surface area (Å²) in [5.74, 6) is 1.05. The summed E-state index contributed by atoms with van der Waals surface area (Å²) in [7, 11) is 0. The van der Waals surface area contributed by atoms with Crippen LogP contribution in [0.25, 0.3) is 44.5 Å². The Hall–Kier alpha value is -13.8. The van der Waals surface area contributed by atoms with Crippen LogP contribution in [-0.2, 0) is 77.0 Å². The minimum atomic E-state index is 0.891. The summed E-state index contributed by atoms with van der Waals surface area (Å²) in [6.07, 6.45) is 39.0. The van der Waals surface area contributed by atoms with Gasteiger partial charge in [0, 0.05) is 107 Å². The molecule has 0 atom stereocenters. The Bertz CT molecular complexity index is 5990. The standard InChI is InChI=1S/4C25H17N3/c1-2-6-20-15(4-1)10-18-12-19-11-16-7-9-26-14-22(16)28-24(19)21(23(18)20)13-17-5-3-8-27-25(17)28;1-2-5-19-15(4-1)10-17-12-18-11-16-7-9-26-14-23(16)28-22-6-3-8-27-21(22)13-20(24(17)19)25(18)28;1-2-4-20-15(3-1)9-17-11-18-10-16-5-7-27-14-23(16)28-22-6-8-26-13-19(22)12-21(24(17)20)25(18)28;1-2-4-20-15(3-1)9-18-11-19-10-16-5-7-26-13-22(16)28-23-14-27-8-6-17(23)12-21(24(18)20)25(19)28/h2*1-9,12,14H,10-11,13H2;2*1-8,11,13-14H,9-10,12H2. The summed E-state index contributed by atoms with van der Waals surface area (Å²) in [5, 5.41) is 0. The molecule has 0 N–H and O–H groups in total. The van der Waals surface area contributed by atoms with Crippen molar-refractivity contribution in [2.75, 3.05) is 19.6 Å². The molecule has 16 heterocycles. The maximum atomic E-state index is 4.78. The van der Waals surface area contributed by atoms with Gasteiger partial charge in [0.1, 0.15) is 5.82 Å². The molecule has 528 valence electrons. The summed E-state index contributed by atoms with van der Waals surface area (Å²) >= 11 is 0. The summed E-state index contributed by atoms with van der Waals surface area (Å²) in [6.45, 7) is 0. The maximum absolute atomic E-state index is 4.78. The maximum Gasteiger partial charge on any atom is 0.141 e. The Morgan fingerprint density at radius 2 is 0.509 bits per heavy atom. The molecule has 12 aliphatic rings. The lowest BCUT2D eigenvalue weighted by molar-refractivity contribution is 0.963. The molecule has 12 heteroatoms. The van der Waals surface area contributed by atoms with Crippen molar-refractivity contribution in [3.63, 3.8) is 0 Å². The van der Waals surface area contributed by atoms with Gasteiger partial charge in [-0.1, -0.05) is 127 Å². The van der Waals surface area contributed by atoms with Gasteiger partial charge in [0.2, 0.25) is 0 Å². The van der Waals surface area contributed by atoms with Crippen LogP contribution >= 0.6 is 0 Å². The molecular formula is C100H68N12.